The highest BCUT2D eigenvalue weighted by Crippen LogP contribution is 2.20. The van der Waals surface area contributed by atoms with Crippen LogP contribution in [0.25, 0.3) is 0 Å². The highest BCUT2D eigenvalue weighted by atomic mass is 19.4. The highest BCUT2D eigenvalue weighted by molar-refractivity contribution is 5.97. The summed E-state index contributed by atoms with van der Waals surface area (Å²) >= 11 is 0. The minimum Gasteiger partial charge on any atom is -0.481 e. The van der Waals surface area contributed by atoms with Crippen LogP contribution < -0.4 is 49.5 Å². The molecule has 1 heterocycles. The molecule has 0 bridgehead atoms. The third-order valence-corrected chi connectivity index (χ3v) is 7.92. The van der Waals surface area contributed by atoms with Gasteiger partial charge in [0.1, 0.15) is 30.2 Å². The van der Waals surface area contributed by atoms with Crippen molar-refractivity contribution in [2.75, 3.05) is 39.3 Å². The number of aliphatic imine (C=N–C) groups is 1. The number of hydrogen-bond acceptors (Lipinski definition) is 14. The minimum atomic E-state index is -5.08. The van der Waals surface area contributed by atoms with E-state index < -0.39 is 128 Å². The van der Waals surface area contributed by atoms with Gasteiger partial charge in [0.2, 0.25) is 35.4 Å². The first kappa shape index (κ1) is 59.5. The van der Waals surface area contributed by atoms with E-state index in [4.69, 9.17) is 42.7 Å². The lowest BCUT2D eigenvalue weighted by Gasteiger charge is -2.29. The third-order valence-electron chi connectivity index (χ3n) is 7.92. The molecule has 1 rings (SSSR count). The molecular formula is C32H51F6N11O15. The molecule has 26 nitrogen and oxygen atoms in total. The van der Waals surface area contributed by atoms with Gasteiger partial charge in [0.15, 0.2) is 5.96 Å². The van der Waals surface area contributed by atoms with Crippen molar-refractivity contribution in [3.63, 3.8) is 0 Å². The average molecular weight is 944 g/mol. The van der Waals surface area contributed by atoms with Crippen LogP contribution in [-0.2, 0) is 47.9 Å². The van der Waals surface area contributed by atoms with E-state index in [1.165, 1.54) is 0 Å². The van der Waals surface area contributed by atoms with Crippen LogP contribution in [0.1, 0.15) is 51.4 Å². The van der Waals surface area contributed by atoms with Crippen LogP contribution in [0.2, 0.25) is 0 Å². The van der Waals surface area contributed by atoms with Gasteiger partial charge >= 0.3 is 36.2 Å². The average Bonchev–Trinajstić information content (AvgIpc) is 3.69. The fraction of sp³-hybridized carbons (Fsp3) is 0.656. The van der Waals surface area contributed by atoms with E-state index in [1.54, 1.807) is 0 Å². The Morgan fingerprint density at radius 1 is 0.703 bits per heavy atom. The first-order valence-electron chi connectivity index (χ1n) is 18.4. The van der Waals surface area contributed by atoms with Crippen molar-refractivity contribution in [3.05, 3.63) is 0 Å². The zero-order valence-corrected chi connectivity index (χ0v) is 33.6. The van der Waals surface area contributed by atoms with Crippen LogP contribution in [-0.4, -0.2) is 178 Å². The molecule has 0 unspecified atom stereocenters. The largest absolute Gasteiger partial charge is 0.490 e. The number of aliphatic hydroxyl groups is 1. The Kier molecular flexibility index (Phi) is 27.6. The number of rotatable bonds is 23. The van der Waals surface area contributed by atoms with Gasteiger partial charge in [-0.15, -0.1) is 0 Å². The number of aliphatic carboxylic acids is 4. The monoisotopic (exact) mass is 943 g/mol. The summed E-state index contributed by atoms with van der Waals surface area (Å²) < 4.78 is 63.5. The Hall–Kier alpha value is -6.57. The van der Waals surface area contributed by atoms with Gasteiger partial charge in [-0.25, -0.2) is 14.4 Å². The molecule has 0 spiro atoms. The molecule has 0 aromatic heterocycles. The van der Waals surface area contributed by atoms with Gasteiger partial charge in [-0.05, 0) is 51.5 Å². The number of amides is 6. The maximum atomic E-state index is 13.3. The summed E-state index contributed by atoms with van der Waals surface area (Å²) in [5, 5.41) is 54.4. The van der Waals surface area contributed by atoms with Gasteiger partial charge < -0.3 is 80.0 Å². The van der Waals surface area contributed by atoms with Gasteiger partial charge in [0.05, 0.1) is 26.1 Å². The molecule has 1 saturated heterocycles. The summed E-state index contributed by atoms with van der Waals surface area (Å²) in [4.78, 5) is 122. The van der Waals surface area contributed by atoms with Gasteiger partial charge in [0, 0.05) is 13.1 Å². The molecule has 1 fully saturated rings. The molecule has 32 heteroatoms. The number of nitrogens with one attached hydrogen (secondary N) is 5. The topological polar surface area (TPSA) is 452 Å². The number of nitrogens with zero attached hydrogens (tertiary/aromatic N) is 2. The van der Waals surface area contributed by atoms with Crippen LogP contribution in [0.15, 0.2) is 4.99 Å². The van der Waals surface area contributed by atoms with E-state index in [9.17, 15) is 80.0 Å². The summed E-state index contributed by atoms with van der Waals surface area (Å²) in [5.41, 5.74) is 21.3. The van der Waals surface area contributed by atoms with E-state index >= 15 is 0 Å². The molecule has 0 aliphatic carbocycles. The maximum Gasteiger partial charge on any atom is 0.490 e. The SMILES string of the molecule is NCCCC[C@H](NC(=O)[C@@H]1CCCN1C(=O)[C@H](CO)NC(=O)[C@H](CC(=O)O)NC(=O)CNC(=O)[C@H](CCCN=C(N)N)NC(=O)CN)C(=O)O.O=C(O)C(F)(F)F.O=C(O)C(F)(F)F. The number of carbonyl (C=O) groups is 10. The lowest BCUT2D eigenvalue weighted by atomic mass is 10.1. The number of aliphatic hydroxyl groups excluding tert-OH is 1. The lowest BCUT2D eigenvalue weighted by molar-refractivity contribution is -0.193. The second-order valence-corrected chi connectivity index (χ2v) is 12.9. The first-order chi connectivity index (χ1) is 29.5. The number of halogens is 6. The second-order valence-electron chi connectivity index (χ2n) is 12.9. The zero-order chi connectivity index (χ0) is 50.0. The Bertz CT molecular complexity index is 1630. The number of nitrogens with two attached hydrogens (primary N) is 4. The predicted octanol–water partition coefficient (Wildman–Crippen LogP) is -5.01. The molecule has 0 radical (unpaired) electrons. The van der Waals surface area contributed by atoms with Crippen LogP contribution in [0.4, 0.5) is 26.3 Å². The predicted molar refractivity (Wildman–Crippen MR) is 202 cm³/mol. The minimum absolute atomic E-state index is 0.0458. The number of guanidine groups is 1. The fourth-order valence-corrected chi connectivity index (χ4v) is 4.92. The lowest BCUT2D eigenvalue weighted by Crippen LogP contribution is -2.59. The molecule has 0 aromatic carbocycles. The van der Waals surface area contributed by atoms with Crippen LogP contribution in [0, 0.1) is 0 Å². The van der Waals surface area contributed by atoms with Crippen LogP contribution >= 0.6 is 0 Å². The van der Waals surface area contributed by atoms with E-state index in [0.717, 1.165) is 4.90 Å². The molecule has 64 heavy (non-hydrogen) atoms. The summed E-state index contributed by atoms with van der Waals surface area (Å²) in [6.07, 6.45) is -9.16. The number of unbranched alkanes of at least 4 members (excludes halogenated alkanes) is 1. The molecule has 366 valence electrons. The van der Waals surface area contributed by atoms with Crippen LogP contribution in [0.5, 0.6) is 0 Å². The highest BCUT2D eigenvalue weighted by Gasteiger charge is 2.40. The van der Waals surface area contributed by atoms with Crippen molar-refractivity contribution in [1.29, 1.82) is 0 Å². The number of alkyl halides is 6. The van der Waals surface area contributed by atoms with Gasteiger partial charge in [-0.2, -0.15) is 26.3 Å². The fourth-order valence-electron chi connectivity index (χ4n) is 4.92. The van der Waals surface area contributed by atoms with E-state index in [-0.39, 0.29) is 44.7 Å². The van der Waals surface area contributed by atoms with Crippen molar-refractivity contribution in [2.24, 2.45) is 27.9 Å². The Balaban J connectivity index is 0. The van der Waals surface area contributed by atoms with Gasteiger partial charge in [0.25, 0.3) is 0 Å². The summed E-state index contributed by atoms with van der Waals surface area (Å²) in [6.45, 7) is -1.61. The summed E-state index contributed by atoms with van der Waals surface area (Å²) in [7, 11) is 0. The summed E-state index contributed by atoms with van der Waals surface area (Å²) in [5.74, 6) is -13.7. The van der Waals surface area contributed by atoms with Crippen LogP contribution in [0.3, 0.4) is 0 Å². The molecule has 6 amide bonds. The normalized spacial score (nSPS) is 15.1. The van der Waals surface area contributed by atoms with E-state index in [1.807, 2.05) is 0 Å². The molecular weight excluding hydrogens is 892 g/mol. The quantitative estimate of drug-likeness (QED) is 0.0197. The van der Waals surface area contributed by atoms with Crippen molar-refractivity contribution in [1.82, 2.24) is 31.5 Å². The molecule has 0 saturated carbocycles. The zero-order valence-electron chi connectivity index (χ0n) is 33.6. The van der Waals surface area contributed by atoms with Crippen molar-refractivity contribution in [2.45, 2.75) is 93.9 Å². The van der Waals surface area contributed by atoms with Crippen molar-refractivity contribution < 1.29 is 99.8 Å². The molecule has 0 aromatic rings. The van der Waals surface area contributed by atoms with E-state index in [0.29, 0.717) is 25.8 Å². The molecule has 5 atom stereocenters. The Labute approximate surface area is 357 Å². The van der Waals surface area contributed by atoms with Crippen molar-refractivity contribution >= 4 is 65.3 Å². The molecule has 1 aliphatic rings. The van der Waals surface area contributed by atoms with E-state index in [2.05, 4.69) is 31.6 Å². The maximum absolute atomic E-state index is 13.3. The molecule has 18 N–H and O–H groups in total. The van der Waals surface area contributed by atoms with Gasteiger partial charge in [-0.1, -0.05) is 0 Å². The standard InChI is InChI=1S/C28H49N11O11.2C2HF3O2/c29-8-2-1-5-16(27(49)50)37-25(47)19-7-4-10-39(19)26(48)18(14-40)38-24(46)17(11-22(43)44)36-21(42)13-34-23(45)15(35-20(41)12-30)6-3-9-33-28(31)32;2*3-2(4,5)1(6)7/h15-19,40H,1-14,29-30H2,(H,34,45)(H,35,41)(H,36,42)(H,37,47)(H,38,46)(H,43,44)(H,49,50)(H4,31,32,33);2*(H,6,7)/t15-,16-,17-,18-,19-;;/m0../s1. The number of hydrogen-bond donors (Lipinski definition) is 14. The third kappa shape index (κ3) is 25.4. The smallest absolute Gasteiger partial charge is 0.481 e. The second kappa shape index (κ2) is 29.7. The number of carboxylic acids is 4. The number of likely N-dealkylation sites (tertiary alicyclic amines) is 1. The van der Waals surface area contributed by atoms with Crippen molar-refractivity contribution in [3.8, 4) is 0 Å². The Morgan fingerprint density at radius 2 is 1.23 bits per heavy atom. The summed E-state index contributed by atoms with van der Waals surface area (Å²) in [6, 6.07) is -6.89. The van der Waals surface area contributed by atoms with Gasteiger partial charge in [-0.3, -0.25) is 38.6 Å². The first-order valence-corrected chi connectivity index (χ1v) is 18.4. The molecule has 1 aliphatic heterocycles. The number of carboxylic acid groups (broad SMARTS) is 4. The Morgan fingerprint density at radius 3 is 1.69 bits per heavy atom. The number of carbonyl (C=O) groups excluding carboxylic acids is 6.